The summed E-state index contributed by atoms with van der Waals surface area (Å²) in [4.78, 5) is 13.6. The number of nitrogens with one attached hydrogen (secondary N) is 1. The van der Waals surface area contributed by atoms with Gasteiger partial charge in [-0.2, -0.15) is 0 Å². The molecule has 2 rings (SSSR count). The third-order valence-corrected chi connectivity index (χ3v) is 4.31. The van der Waals surface area contributed by atoms with Crippen LogP contribution in [0.15, 0.2) is 18.2 Å². The molecular weight excluding hydrogens is 264 g/mol. The second-order valence-electron chi connectivity index (χ2n) is 5.98. The zero-order chi connectivity index (χ0) is 15.4. The van der Waals surface area contributed by atoms with Crippen LogP contribution >= 0.6 is 0 Å². The van der Waals surface area contributed by atoms with Crippen LogP contribution in [-0.2, 0) is 11.2 Å². The maximum atomic E-state index is 11.9. The van der Waals surface area contributed by atoms with Crippen molar-refractivity contribution in [2.75, 3.05) is 20.7 Å². The number of fused-ring (bicyclic) bond motifs is 1. The Hall–Kier alpha value is -1.55. The minimum Gasteiger partial charge on any atom is -0.484 e. The minimum atomic E-state index is 0.0100. The van der Waals surface area contributed by atoms with Gasteiger partial charge >= 0.3 is 0 Å². The van der Waals surface area contributed by atoms with E-state index in [4.69, 9.17) is 4.74 Å². The van der Waals surface area contributed by atoms with E-state index in [1.54, 1.807) is 11.9 Å². The maximum absolute atomic E-state index is 11.9. The monoisotopic (exact) mass is 290 g/mol. The zero-order valence-corrected chi connectivity index (χ0v) is 13.5. The van der Waals surface area contributed by atoms with Crippen LogP contribution in [0.3, 0.4) is 0 Å². The largest absolute Gasteiger partial charge is 0.484 e. The first-order valence-corrected chi connectivity index (χ1v) is 7.71. The van der Waals surface area contributed by atoms with Crippen molar-refractivity contribution in [1.29, 1.82) is 0 Å². The summed E-state index contributed by atoms with van der Waals surface area (Å²) < 4.78 is 5.66. The lowest BCUT2D eigenvalue weighted by atomic mass is 9.87. The van der Waals surface area contributed by atoms with Gasteiger partial charge in [-0.3, -0.25) is 4.79 Å². The molecule has 4 heteroatoms. The van der Waals surface area contributed by atoms with E-state index in [9.17, 15) is 4.79 Å². The molecule has 1 N–H and O–H groups in total. The van der Waals surface area contributed by atoms with Gasteiger partial charge in [-0.1, -0.05) is 6.07 Å². The predicted octanol–water partition coefficient (Wildman–Crippen LogP) is 2.53. The fourth-order valence-corrected chi connectivity index (χ4v) is 2.72. The molecule has 1 amide bonds. The summed E-state index contributed by atoms with van der Waals surface area (Å²) in [6.07, 6.45) is 3.46. The molecule has 4 nitrogen and oxygen atoms in total. The molecule has 0 heterocycles. The Bertz CT molecular complexity index is 500. The number of benzene rings is 1. The molecule has 1 unspecified atom stereocenters. The van der Waals surface area contributed by atoms with Crippen LogP contribution in [0.2, 0.25) is 0 Å². The molecule has 0 aliphatic heterocycles. The predicted molar refractivity (Wildman–Crippen MR) is 84.6 cm³/mol. The number of carbonyl (C=O) groups excluding carboxylic acids is 1. The average molecular weight is 290 g/mol. The second-order valence-corrected chi connectivity index (χ2v) is 5.98. The SMILES string of the molecule is CNC1CCCc2cc(OCC(=O)N(C)C(C)C)ccc21. The van der Waals surface area contributed by atoms with Crippen molar-refractivity contribution in [3.8, 4) is 5.75 Å². The number of ether oxygens (including phenoxy) is 1. The number of rotatable bonds is 5. The molecule has 1 aliphatic carbocycles. The van der Waals surface area contributed by atoms with Crippen LogP contribution < -0.4 is 10.1 Å². The number of carbonyl (C=O) groups is 1. The third kappa shape index (κ3) is 3.76. The molecule has 1 aliphatic rings. The third-order valence-electron chi connectivity index (χ3n) is 4.31. The van der Waals surface area contributed by atoms with Crippen molar-refractivity contribution >= 4 is 5.91 Å². The lowest BCUT2D eigenvalue weighted by Gasteiger charge is -2.26. The van der Waals surface area contributed by atoms with Crippen LogP contribution in [0, 0.1) is 0 Å². The van der Waals surface area contributed by atoms with Crippen molar-refractivity contribution in [1.82, 2.24) is 10.2 Å². The summed E-state index contributed by atoms with van der Waals surface area (Å²) in [6.45, 7) is 4.09. The highest BCUT2D eigenvalue weighted by molar-refractivity contribution is 5.77. The van der Waals surface area contributed by atoms with E-state index >= 15 is 0 Å². The highest BCUT2D eigenvalue weighted by Gasteiger charge is 2.19. The topological polar surface area (TPSA) is 41.6 Å². The molecule has 116 valence electrons. The van der Waals surface area contributed by atoms with Crippen molar-refractivity contribution in [2.45, 2.75) is 45.2 Å². The van der Waals surface area contributed by atoms with Gasteiger partial charge in [0.15, 0.2) is 6.61 Å². The van der Waals surface area contributed by atoms with Gasteiger partial charge in [0.2, 0.25) is 0 Å². The number of nitrogens with zero attached hydrogens (tertiary/aromatic N) is 1. The smallest absolute Gasteiger partial charge is 0.260 e. The van der Waals surface area contributed by atoms with Crippen LogP contribution in [0.5, 0.6) is 5.75 Å². The molecule has 0 bridgehead atoms. The number of hydrogen-bond acceptors (Lipinski definition) is 3. The molecule has 0 spiro atoms. The molecule has 0 radical (unpaired) electrons. The van der Waals surface area contributed by atoms with Crippen LogP contribution in [0.4, 0.5) is 0 Å². The van der Waals surface area contributed by atoms with E-state index < -0.39 is 0 Å². The van der Waals surface area contributed by atoms with Gasteiger partial charge < -0.3 is 15.0 Å². The van der Waals surface area contributed by atoms with E-state index in [0.29, 0.717) is 6.04 Å². The van der Waals surface area contributed by atoms with Crippen molar-refractivity contribution < 1.29 is 9.53 Å². The summed E-state index contributed by atoms with van der Waals surface area (Å²) in [5.74, 6) is 0.798. The first-order valence-electron chi connectivity index (χ1n) is 7.71. The van der Waals surface area contributed by atoms with Gasteiger partial charge in [-0.05, 0) is 63.4 Å². The molecule has 1 atom stereocenters. The normalized spacial score (nSPS) is 17.5. The molecule has 1 aromatic carbocycles. The number of aryl methyl sites for hydroxylation is 1. The second kappa shape index (κ2) is 6.94. The first-order chi connectivity index (χ1) is 10.0. The van der Waals surface area contributed by atoms with Crippen LogP contribution in [-0.4, -0.2) is 37.6 Å². The Morgan fingerprint density at radius 2 is 2.24 bits per heavy atom. The van der Waals surface area contributed by atoms with Gasteiger partial charge in [0.25, 0.3) is 5.91 Å². The number of hydrogen-bond donors (Lipinski definition) is 1. The summed E-state index contributed by atoms with van der Waals surface area (Å²) in [5.41, 5.74) is 2.70. The Morgan fingerprint density at radius 1 is 1.48 bits per heavy atom. The molecule has 0 aromatic heterocycles. The molecule has 21 heavy (non-hydrogen) atoms. The molecular formula is C17H26N2O2. The van der Waals surface area contributed by atoms with Gasteiger partial charge in [0.05, 0.1) is 0 Å². The summed E-state index contributed by atoms with van der Waals surface area (Å²) in [5, 5.41) is 3.36. The van der Waals surface area contributed by atoms with Crippen molar-refractivity contribution in [2.24, 2.45) is 0 Å². The fourth-order valence-electron chi connectivity index (χ4n) is 2.72. The number of amides is 1. The summed E-state index contributed by atoms with van der Waals surface area (Å²) in [7, 11) is 3.81. The quantitative estimate of drug-likeness (QED) is 0.906. The van der Waals surface area contributed by atoms with E-state index in [2.05, 4.69) is 17.4 Å². The van der Waals surface area contributed by atoms with E-state index in [1.807, 2.05) is 27.0 Å². The average Bonchev–Trinajstić information content (AvgIpc) is 2.50. The van der Waals surface area contributed by atoms with Crippen molar-refractivity contribution in [3.05, 3.63) is 29.3 Å². The Morgan fingerprint density at radius 3 is 2.90 bits per heavy atom. The molecule has 0 fully saturated rings. The van der Waals surface area contributed by atoms with E-state index in [-0.39, 0.29) is 18.6 Å². The zero-order valence-electron chi connectivity index (χ0n) is 13.5. The first kappa shape index (κ1) is 15.8. The van der Waals surface area contributed by atoms with Gasteiger partial charge in [-0.15, -0.1) is 0 Å². The lowest BCUT2D eigenvalue weighted by Crippen LogP contribution is -2.36. The van der Waals surface area contributed by atoms with Gasteiger partial charge in [-0.25, -0.2) is 0 Å². The Balaban J connectivity index is 2.01. The highest BCUT2D eigenvalue weighted by Crippen LogP contribution is 2.31. The standard InChI is InChI=1S/C17H26N2O2/c1-12(2)19(4)17(20)11-21-14-8-9-15-13(10-14)6-5-7-16(15)18-3/h8-10,12,16,18H,5-7,11H2,1-4H3. The molecule has 0 saturated heterocycles. The van der Waals surface area contributed by atoms with E-state index in [1.165, 1.54) is 24.0 Å². The Kier molecular flexibility index (Phi) is 5.23. The van der Waals surface area contributed by atoms with Gasteiger partial charge in [0.1, 0.15) is 5.75 Å². The lowest BCUT2D eigenvalue weighted by molar-refractivity contribution is -0.133. The van der Waals surface area contributed by atoms with Crippen LogP contribution in [0.1, 0.15) is 43.9 Å². The Labute approximate surface area is 127 Å². The number of likely N-dealkylation sites (N-methyl/N-ethyl adjacent to an activating group) is 1. The minimum absolute atomic E-state index is 0.0100. The van der Waals surface area contributed by atoms with Crippen LogP contribution in [0.25, 0.3) is 0 Å². The maximum Gasteiger partial charge on any atom is 0.260 e. The summed E-state index contributed by atoms with van der Waals surface area (Å²) >= 11 is 0. The fraction of sp³-hybridized carbons (Fsp3) is 0.588. The molecule has 0 saturated carbocycles. The highest BCUT2D eigenvalue weighted by atomic mass is 16.5. The van der Waals surface area contributed by atoms with E-state index in [0.717, 1.165) is 12.2 Å². The van der Waals surface area contributed by atoms with Crippen molar-refractivity contribution in [3.63, 3.8) is 0 Å². The molecule has 1 aromatic rings. The van der Waals surface area contributed by atoms with Gasteiger partial charge in [0, 0.05) is 19.1 Å². The summed E-state index contributed by atoms with van der Waals surface area (Å²) in [6, 6.07) is 6.82.